The van der Waals surface area contributed by atoms with E-state index in [-0.39, 0.29) is 12.1 Å². The lowest BCUT2D eigenvalue weighted by atomic mass is 9.76. The highest BCUT2D eigenvalue weighted by Gasteiger charge is 2.40. The second-order valence-corrected chi connectivity index (χ2v) is 5.44. The molecule has 1 fully saturated rings. The minimum absolute atomic E-state index is 0.0419. The monoisotopic (exact) mass is 286 g/mol. The number of carbonyl (C=O) groups is 2. The molecule has 0 radical (unpaired) electrons. The molecule has 1 heterocycles. The normalized spacial score (nSPS) is 19.4. The van der Waals surface area contributed by atoms with Gasteiger partial charge in [0.1, 0.15) is 0 Å². The number of nitrogens with one attached hydrogen (secondary N) is 1. The highest BCUT2D eigenvalue weighted by atomic mass is 16.5. The number of urea groups is 1. The number of nitrogens with zero attached hydrogens (tertiary/aromatic N) is 1. The quantitative estimate of drug-likeness (QED) is 0.779. The fourth-order valence-electron chi connectivity index (χ4n) is 2.49. The number of amides is 2. The zero-order chi connectivity index (χ0) is 15.2. The number of carbonyl (C=O) groups excluding carboxylic acids is 1. The van der Waals surface area contributed by atoms with Crippen molar-refractivity contribution in [1.29, 1.82) is 0 Å². The van der Waals surface area contributed by atoms with E-state index in [0.717, 1.165) is 0 Å². The highest BCUT2D eigenvalue weighted by molar-refractivity contribution is 5.77. The minimum atomic E-state index is -0.746. The molecule has 0 bridgehead atoms. The van der Waals surface area contributed by atoms with Gasteiger partial charge in [-0.3, -0.25) is 4.79 Å². The molecule has 1 aliphatic heterocycles. The number of rotatable bonds is 6. The minimum Gasteiger partial charge on any atom is -0.481 e. The summed E-state index contributed by atoms with van der Waals surface area (Å²) in [6.45, 7) is 7.81. The third-order valence-electron chi connectivity index (χ3n) is 4.08. The molecule has 0 spiro atoms. The number of likely N-dealkylation sites (tertiary alicyclic amines) is 1. The van der Waals surface area contributed by atoms with Gasteiger partial charge in [-0.1, -0.05) is 6.92 Å². The van der Waals surface area contributed by atoms with Crippen LogP contribution in [0.3, 0.4) is 0 Å². The molecule has 0 saturated carbocycles. The number of carboxylic acids is 1. The van der Waals surface area contributed by atoms with E-state index in [1.165, 1.54) is 0 Å². The number of ether oxygens (including phenoxy) is 1. The van der Waals surface area contributed by atoms with Crippen molar-refractivity contribution >= 4 is 12.0 Å². The Hall–Kier alpha value is -1.30. The summed E-state index contributed by atoms with van der Waals surface area (Å²) in [4.78, 5) is 25.1. The van der Waals surface area contributed by atoms with E-state index in [2.05, 4.69) is 5.32 Å². The van der Waals surface area contributed by atoms with Crippen molar-refractivity contribution in [3.8, 4) is 0 Å². The topological polar surface area (TPSA) is 78.9 Å². The number of hydrogen-bond acceptors (Lipinski definition) is 3. The zero-order valence-electron chi connectivity index (χ0n) is 12.6. The van der Waals surface area contributed by atoms with Gasteiger partial charge in [-0.25, -0.2) is 4.79 Å². The molecule has 1 unspecified atom stereocenters. The molecule has 6 nitrogen and oxygen atoms in total. The summed E-state index contributed by atoms with van der Waals surface area (Å²) < 4.78 is 5.25. The van der Waals surface area contributed by atoms with E-state index in [1.807, 2.05) is 20.8 Å². The summed E-state index contributed by atoms with van der Waals surface area (Å²) >= 11 is 0. The third kappa shape index (κ3) is 4.10. The van der Waals surface area contributed by atoms with Crippen molar-refractivity contribution < 1.29 is 19.4 Å². The van der Waals surface area contributed by atoms with Gasteiger partial charge in [0, 0.05) is 19.7 Å². The number of hydrogen-bond donors (Lipinski definition) is 2. The van der Waals surface area contributed by atoms with Crippen LogP contribution in [0.25, 0.3) is 0 Å². The molecular weight excluding hydrogens is 260 g/mol. The lowest BCUT2D eigenvalue weighted by Crippen LogP contribution is -2.51. The van der Waals surface area contributed by atoms with Crippen molar-refractivity contribution in [2.24, 2.45) is 5.41 Å². The fourth-order valence-corrected chi connectivity index (χ4v) is 2.49. The predicted octanol–water partition coefficient (Wildman–Crippen LogP) is 1.70. The van der Waals surface area contributed by atoms with Gasteiger partial charge in [-0.05, 0) is 33.1 Å². The molecule has 1 atom stereocenters. The predicted molar refractivity (Wildman–Crippen MR) is 75.7 cm³/mol. The number of aliphatic carboxylic acids is 1. The molecular formula is C14H26N2O4. The average Bonchev–Trinajstić information content (AvgIpc) is 2.44. The molecule has 0 aromatic rings. The molecule has 2 N–H and O–H groups in total. The van der Waals surface area contributed by atoms with Gasteiger partial charge in [0.25, 0.3) is 0 Å². The van der Waals surface area contributed by atoms with Crippen LogP contribution < -0.4 is 5.32 Å². The lowest BCUT2D eigenvalue weighted by Gasteiger charge is -2.38. The van der Waals surface area contributed by atoms with Crippen LogP contribution in [0.5, 0.6) is 0 Å². The summed E-state index contributed by atoms with van der Waals surface area (Å²) in [6, 6.07) is -0.174. The van der Waals surface area contributed by atoms with E-state index in [1.54, 1.807) is 4.90 Å². The van der Waals surface area contributed by atoms with Crippen LogP contribution in [-0.2, 0) is 9.53 Å². The second-order valence-electron chi connectivity index (χ2n) is 5.44. The average molecular weight is 286 g/mol. The van der Waals surface area contributed by atoms with Gasteiger partial charge >= 0.3 is 12.0 Å². The van der Waals surface area contributed by atoms with Crippen molar-refractivity contribution in [1.82, 2.24) is 10.2 Å². The summed E-state index contributed by atoms with van der Waals surface area (Å²) in [5.41, 5.74) is -0.659. The van der Waals surface area contributed by atoms with Gasteiger partial charge < -0.3 is 20.1 Å². The first-order valence-corrected chi connectivity index (χ1v) is 7.31. The largest absolute Gasteiger partial charge is 0.481 e. The van der Waals surface area contributed by atoms with Crippen molar-refractivity contribution in [3.63, 3.8) is 0 Å². The van der Waals surface area contributed by atoms with E-state index in [4.69, 9.17) is 4.74 Å². The van der Waals surface area contributed by atoms with Crippen LogP contribution in [0.4, 0.5) is 4.79 Å². The zero-order valence-corrected chi connectivity index (χ0v) is 12.6. The first-order chi connectivity index (χ1) is 9.45. The Kier molecular flexibility index (Phi) is 6.26. The Bertz CT molecular complexity index is 338. The van der Waals surface area contributed by atoms with Gasteiger partial charge in [-0.15, -0.1) is 0 Å². The summed E-state index contributed by atoms with van der Waals surface area (Å²) in [5, 5.41) is 12.2. The molecule has 116 valence electrons. The van der Waals surface area contributed by atoms with Crippen molar-refractivity contribution in [2.45, 2.75) is 46.1 Å². The molecule has 1 aliphatic rings. The van der Waals surface area contributed by atoms with Crippen LogP contribution in [0.1, 0.15) is 40.0 Å². The first kappa shape index (κ1) is 16.8. The van der Waals surface area contributed by atoms with Gasteiger partial charge in [0.05, 0.1) is 18.1 Å². The molecule has 2 amide bonds. The molecule has 20 heavy (non-hydrogen) atoms. The van der Waals surface area contributed by atoms with Crippen molar-refractivity contribution in [2.75, 3.05) is 26.3 Å². The number of piperidine rings is 1. The molecule has 1 saturated heterocycles. The first-order valence-electron chi connectivity index (χ1n) is 7.31. The van der Waals surface area contributed by atoms with Crippen molar-refractivity contribution in [3.05, 3.63) is 0 Å². The Morgan fingerprint density at radius 3 is 2.40 bits per heavy atom. The molecule has 1 rings (SSSR count). The SMILES string of the molecule is CCOCC(C)NC(=O)N1CCC(CC)(C(=O)O)CC1. The Balaban J connectivity index is 2.44. The molecule has 6 heteroatoms. The van der Waals surface area contributed by atoms with Crippen LogP contribution in [-0.4, -0.2) is 54.4 Å². The number of carboxylic acid groups (broad SMARTS) is 1. The third-order valence-corrected chi connectivity index (χ3v) is 4.08. The van der Waals surface area contributed by atoms with Gasteiger partial charge in [-0.2, -0.15) is 0 Å². The Labute approximate surface area is 120 Å². The maximum absolute atomic E-state index is 12.1. The Morgan fingerprint density at radius 2 is 1.95 bits per heavy atom. The standard InChI is InChI=1S/C14H26N2O4/c1-4-14(12(17)18)6-8-16(9-7-14)13(19)15-11(3)10-20-5-2/h11H,4-10H2,1-3H3,(H,15,19)(H,17,18). The summed E-state index contributed by atoms with van der Waals surface area (Å²) in [6.07, 6.45) is 1.65. The summed E-state index contributed by atoms with van der Waals surface area (Å²) in [7, 11) is 0. The molecule has 0 aliphatic carbocycles. The van der Waals surface area contributed by atoms with E-state index >= 15 is 0 Å². The molecule has 0 aromatic heterocycles. The maximum Gasteiger partial charge on any atom is 0.317 e. The van der Waals surface area contributed by atoms with Gasteiger partial charge in [0.2, 0.25) is 0 Å². The second kappa shape index (κ2) is 7.47. The van der Waals surface area contributed by atoms with Crippen LogP contribution in [0.2, 0.25) is 0 Å². The van der Waals surface area contributed by atoms with Crippen LogP contribution >= 0.6 is 0 Å². The highest BCUT2D eigenvalue weighted by Crippen LogP contribution is 2.35. The van der Waals surface area contributed by atoms with E-state index in [9.17, 15) is 14.7 Å². The van der Waals surface area contributed by atoms with Crippen LogP contribution in [0.15, 0.2) is 0 Å². The summed E-state index contributed by atoms with van der Waals surface area (Å²) in [5.74, 6) is -0.746. The van der Waals surface area contributed by atoms with Crippen LogP contribution in [0, 0.1) is 5.41 Å². The smallest absolute Gasteiger partial charge is 0.317 e. The maximum atomic E-state index is 12.1. The fraction of sp³-hybridized carbons (Fsp3) is 0.857. The molecule has 0 aromatic carbocycles. The van der Waals surface area contributed by atoms with E-state index in [0.29, 0.717) is 45.6 Å². The lowest BCUT2D eigenvalue weighted by molar-refractivity contribution is -0.151. The Morgan fingerprint density at radius 1 is 1.35 bits per heavy atom. The van der Waals surface area contributed by atoms with Gasteiger partial charge in [0.15, 0.2) is 0 Å². The van der Waals surface area contributed by atoms with E-state index < -0.39 is 11.4 Å².